The molecule has 1 aromatic rings. The Labute approximate surface area is 113 Å². The lowest BCUT2D eigenvalue weighted by atomic mass is 10.2. The zero-order chi connectivity index (χ0) is 14.2. The smallest absolute Gasteiger partial charge is 0.278 e. The van der Waals surface area contributed by atoms with Gasteiger partial charge >= 0.3 is 0 Å². The van der Waals surface area contributed by atoms with Crippen LogP contribution < -0.4 is 11.3 Å². The molecule has 2 N–H and O–H groups in total. The van der Waals surface area contributed by atoms with Crippen molar-refractivity contribution in [3.8, 4) is 0 Å². The number of aryl methyl sites for hydroxylation is 1. The van der Waals surface area contributed by atoms with Gasteiger partial charge in [-0.05, 0) is 45.2 Å². The number of hydrazone groups is 1. The molecule has 2 rings (SSSR count). The molecule has 0 unspecified atom stereocenters. The molecule has 102 valence electrons. The average molecular weight is 260 g/mol. The predicted molar refractivity (Wildman–Crippen MR) is 78.8 cm³/mol. The van der Waals surface area contributed by atoms with E-state index in [4.69, 9.17) is 5.73 Å². The first-order valence-corrected chi connectivity index (χ1v) is 6.38. The Morgan fingerprint density at radius 1 is 1.53 bits per heavy atom. The minimum Gasteiger partial charge on any atom is -0.394 e. The van der Waals surface area contributed by atoms with Crippen LogP contribution in [0.25, 0.3) is 5.70 Å². The molecule has 0 radical (unpaired) electrons. The third-order valence-corrected chi connectivity index (χ3v) is 3.46. The van der Waals surface area contributed by atoms with E-state index in [0.717, 1.165) is 29.8 Å². The summed E-state index contributed by atoms with van der Waals surface area (Å²) in [5.41, 5.74) is 8.52. The lowest BCUT2D eigenvalue weighted by Gasteiger charge is -2.22. The number of pyridine rings is 1. The Hall–Kier alpha value is -2.04. The van der Waals surface area contributed by atoms with Gasteiger partial charge in [-0.15, -0.1) is 0 Å². The Bertz CT molecular complexity index is 596. The second kappa shape index (κ2) is 4.91. The molecule has 1 aliphatic carbocycles. The second-order valence-electron chi connectivity index (χ2n) is 5.04. The SMILES string of the molecule is C=NN(/C(C)=C(\C)n1cc(C)cc(N)c1=O)C1CC1. The number of nitrogens with two attached hydrogens (primary N) is 1. The molecule has 1 heterocycles. The molecule has 1 aromatic heterocycles. The lowest BCUT2D eigenvalue weighted by molar-refractivity contribution is 0.357. The molecule has 5 nitrogen and oxygen atoms in total. The van der Waals surface area contributed by atoms with Crippen molar-refractivity contribution in [2.24, 2.45) is 5.10 Å². The number of rotatable bonds is 4. The monoisotopic (exact) mass is 260 g/mol. The first kappa shape index (κ1) is 13.4. The highest BCUT2D eigenvalue weighted by Crippen LogP contribution is 2.31. The maximum Gasteiger partial charge on any atom is 0.278 e. The first-order chi connectivity index (χ1) is 8.95. The van der Waals surface area contributed by atoms with Gasteiger partial charge in [0.05, 0.1) is 17.4 Å². The second-order valence-corrected chi connectivity index (χ2v) is 5.04. The van der Waals surface area contributed by atoms with E-state index < -0.39 is 0 Å². The molecule has 1 fully saturated rings. The van der Waals surface area contributed by atoms with Gasteiger partial charge in [0.2, 0.25) is 0 Å². The van der Waals surface area contributed by atoms with E-state index in [0.29, 0.717) is 6.04 Å². The fraction of sp³-hybridized carbons (Fsp3) is 0.429. The fourth-order valence-corrected chi connectivity index (χ4v) is 2.15. The normalized spacial score (nSPS) is 15.9. The summed E-state index contributed by atoms with van der Waals surface area (Å²) in [5, 5.41) is 5.94. The van der Waals surface area contributed by atoms with E-state index in [-0.39, 0.29) is 11.2 Å². The lowest BCUT2D eigenvalue weighted by Crippen LogP contribution is -2.25. The van der Waals surface area contributed by atoms with Gasteiger partial charge in [0.25, 0.3) is 5.56 Å². The van der Waals surface area contributed by atoms with Crippen molar-refractivity contribution >= 4 is 18.1 Å². The molecule has 19 heavy (non-hydrogen) atoms. The number of aromatic nitrogens is 1. The van der Waals surface area contributed by atoms with Crippen molar-refractivity contribution < 1.29 is 0 Å². The third-order valence-electron chi connectivity index (χ3n) is 3.46. The van der Waals surface area contributed by atoms with Crippen molar-refractivity contribution in [1.29, 1.82) is 0 Å². The molecule has 0 bridgehead atoms. The van der Waals surface area contributed by atoms with Crippen LogP contribution in [0.1, 0.15) is 32.3 Å². The average Bonchev–Trinajstić information content (AvgIpc) is 3.18. The van der Waals surface area contributed by atoms with Crippen LogP contribution in [-0.2, 0) is 0 Å². The largest absolute Gasteiger partial charge is 0.394 e. The summed E-state index contributed by atoms with van der Waals surface area (Å²) in [6, 6.07) is 2.11. The van der Waals surface area contributed by atoms with E-state index in [1.54, 1.807) is 16.8 Å². The highest BCUT2D eigenvalue weighted by atomic mass is 16.1. The van der Waals surface area contributed by atoms with Crippen LogP contribution in [0.15, 0.2) is 27.9 Å². The minimum atomic E-state index is -0.192. The van der Waals surface area contributed by atoms with Gasteiger partial charge < -0.3 is 5.73 Å². The quantitative estimate of drug-likeness (QED) is 0.665. The van der Waals surface area contributed by atoms with E-state index in [9.17, 15) is 4.79 Å². The maximum absolute atomic E-state index is 12.1. The van der Waals surface area contributed by atoms with Crippen molar-refractivity contribution in [1.82, 2.24) is 9.58 Å². The zero-order valence-electron chi connectivity index (χ0n) is 11.7. The molecule has 0 aliphatic heterocycles. The van der Waals surface area contributed by atoms with Crippen LogP contribution in [0.3, 0.4) is 0 Å². The van der Waals surface area contributed by atoms with Crippen molar-refractivity contribution in [3.05, 3.63) is 33.9 Å². The number of nitrogens with zero attached hydrogens (tertiary/aromatic N) is 3. The van der Waals surface area contributed by atoms with Gasteiger partial charge in [-0.1, -0.05) is 0 Å². The third kappa shape index (κ3) is 2.54. The van der Waals surface area contributed by atoms with Gasteiger partial charge in [0.15, 0.2) is 0 Å². The van der Waals surface area contributed by atoms with E-state index in [1.165, 1.54) is 0 Å². The zero-order valence-corrected chi connectivity index (χ0v) is 11.7. The molecule has 1 saturated carbocycles. The summed E-state index contributed by atoms with van der Waals surface area (Å²) in [4.78, 5) is 12.1. The van der Waals surface area contributed by atoms with Crippen LogP contribution in [0.4, 0.5) is 5.69 Å². The van der Waals surface area contributed by atoms with Crippen LogP contribution in [0.2, 0.25) is 0 Å². The molecular weight excluding hydrogens is 240 g/mol. The van der Waals surface area contributed by atoms with Gasteiger partial charge in [0.1, 0.15) is 0 Å². The topological polar surface area (TPSA) is 63.6 Å². The van der Waals surface area contributed by atoms with Gasteiger partial charge in [-0.2, -0.15) is 5.10 Å². The fourth-order valence-electron chi connectivity index (χ4n) is 2.15. The summed E-state index contributed by atoms with van der Waals surface area (Å²) >= 11 is 0. The molecule has 0 saturated heterocycles. The van der Waals surface area contributed by atoms with Gasteiger partial charge in [-0.3, -0.25) is 14.4 Å². The molecular formula is C14H20N4O. The molecule has 0 amide bonds. The molecule has 1 aliphatic rings. The summed E-state index contributed by atoms with van der Waals surface area (Å²) in [5.74, 6) is 0. The minimum absolute atomic E-state index is 0.192. The molecule has 0 atom stereocenters. The van der Waals surface area contributed by atoms with Crippen molar-refractivity contribution in [2.75, 3.05) is 5.73 Å². The van der Waals surface area contributed by atoms with E-state index in [2.05, 4.69) is 11.8 Å². The molecule has 5 heteroatoms. The first-order valence-electron chi connectivity index (χ1n) is 6.38. The Morgan fingerprint density at radius 2 is 2.16 bits per heavy atom. The van der Waals surface area contributed by atoms with E-state index in [1.807, 2.05) is 25.8 Å². The van der Waals surface area contributed by atoms with Gasteiger partial charge in [-0.25, -0.2) is 0 Å². The van der Waals surface area contributed by atoms with Crippen LogP contribution >= 0.6 is 0 Å². The number of hydrogen-bond acceptors (Lipinski definition) is 4. The van der Waals surface area contributed by atoms with Crippen LogP contribution in [0.5, 0.6) is 0 Å². The summed E-state index contributed by atoms with van der Waals surface area (Å²) in [7, 11) is 0. The molecule has 0 spiro atoms. The number of allylic oxidation sites excluding steroid dienone is 2. The van der Waals surface area contributed by atoms with Crippen molar-refractivity contribution in [3.63, 3.8) is 0 Å². The Balaban J connectivity index is 2.50. The highest BCUT2D eigenvalue weighted by molar-refractivity contribution is 5.51. The number of anilines is 1. The Morgan fingerprint density at radius 3 is 2.68 bits per heavy atom. The highest BCUT2D eigenvalue weighted by Gasteiger charge is 2.29. The maximum atomic E-state index is 12.1. The number of nitrogen functional groups attached to an aromatic ring is 1. The van der Waals surface area contributed by atoms with Crippen molar-refractivity contribution in [2.45, 2.75) is 39.7 Å². The summed E-state index contributed by atoms with van der Waals surface area (Å²) < 4.78 is 1.58. The van der Waals surface area contributed by atoms with Crippen LogP contribution in [-0.4, -0.2) is 22.3 Å². The molecule has 0 aromatic carbocycles. The standard InChI is InChI=1S/C14H20N4O/c1-9-7-13(15)14(19)17(8-9)10(2)11(3)18(16-4)12-5-6-12/h7-8,12H,4-6,15H2,1-3H3/b11-10+. The van der Waals surface area contributed by atoms with Gasteiger partial charge in [0, 0.05) is 18.6 Å². The predicted octanol–water partition coefficient (Wildman–Crippen LogP) is 2.03. The summed E-state index contributed by atoms with van der Waals surface area (Å²) in [6.07, 6.45) is 4.04. The van der Waals surface area contributed by atoms with Crippen LogP contribution in [0, 0.1) is 6.92 Å². The van der Waals surface area contributed by atoms with E-state index >= 15 is 0 Å². The summed E-state index contributed by atoms with van der Waals surface area (Å²) in [6.45, 7) is 9.37. The Kier molecular flexibility index (Phi) is 3.46. The number of hydrogen-bond donors (Lipinski definition) is 1.